The van der Waals surface area contributed by atoms with Crippen LogP contribution in [0.2, 0.25) is 0 Å². The maximum absolute atomic E-state index is 4.23. The van der Waals surface area contributed by atoms with Crippen molar-refractivity contribution in [2.45, 2.75) is 25.3 Å². The van der Waals surface area contributed by atoms with Crippen LogP contribution in [0.25, 0.3) is 0 Å². The molecule has 0 radical (unpaired) electrons. The molecule has 1 saturated heterocycles. The highest BCUT2D eigenvalue weighted by molar-refractivity contribution is 5.47. The summed E-state index contributed by atoms with van der Waals surface area (Å²) in [7, 11) is 3.96. The normalized spacial score (nSPS) is 20.0. The van der Waals surface area contributed by atoms with E-state index in [0.29, 0.717) is 6.04 Å². The summed E-state index contributed by atoms with van der Waals surface area (Å²) in [6.45, 7) is 2.07. The van der Waals surface area contributed by atoms with Gasteiger partial charge >= 0.3 is 0 Å². The third kappa shape index (κ3) is 3.56. The van der Waals surface area contributed by atoms with Crippen molar-refractivity contribution in [1.82, 2.24) is 15.3 Å². The van der Waals surface area contributed by atoms with E-state index in [1.165, 1.54) is 19.3 Å². The van der Waals surface area contributed by atoms with Crippen LogP contribution >= 0.6 is 0 Å². The number of nitrogens with one attached hydrogen (secondary N) is 2. The minimum absolute atomic E-state index is 0.571. The molecular weight excluding hydrogens is 214 g/mol. The molecule has 2 N–H and O–H groups in total. The van der Waals surface area contributed by atoms with Crippen molar-refractivity contribution in [1.29, 1.82) is 0 Å². The Hall–Kier alpha value is -1.36. The molecule has 5 nitrogen and oxygen atoms in total. The molecule has 2 heterocycles. The minimum atomic E-state index is 0.571. The summed E-state index contributed by atoms with van der Waals surface area (Å²) in [6, 6.07) is 2.55. The number of hydrogen-bond acceptors (Lipinski definition) is 5. The van der Waals surface area contributed by atoms with Crippen molar-refractivity contribution in [3.8, 4) is 0 Å². The van der Waals surface area contributed by atoms with Gasteiger partial charge in [0, 0.05) is 32.7 Å². The molecule has 1 fully saturated rings. The van der Waals surface area contributed by atoms with Gasteiger partial charge in [-0.25, -0.2) is 9.97 Å². The molecule has 2 rings (SSSR count). The second-order valence-electron chi connectivity index (χ2n) is 4.68. The molecule has 0 spiro atoms. The fraction of sp³-hybridized carbons (Fsp3) is 0.667. The van der Waals surface area contributed by atoms with Crippen LogP contribution in [0, 0.1) is 0 Å². The summed E-state index contributed by atoms with van der Waals surface area (Å²) in [4.78, 5) is 10.4. The van der Waals surface area contributed by atoms with Gasteiger partial charge in [0.15, 0.2) is 0 Å². The molecule has 1 aromatic heterocycles. The Balaban J connectivity index is 1.87. The number of piperidine rings is 1. The molecular formula is C12H21N5. The fourth-order valence-corrected chi connectivity index (χ4v) is 2.01. The summed E-state index contributed by atoms with van der Waals surface area (Å²) >= 11 is 0. The lowest BCUT2D eigenvalue weighted by Gasteiger charge is -2.24. The van der Waals surface area contributed by atoms with Gasteiger partial charge in [0.05, 0.1) is 0 Å². The Bertz CT molecular complexity index is 347. The Kier molecular flexibility index (Phi) is 4.14. The van der Waals surface area contributed by atoms with Crippen molar-refractivity contribution < 1.29 is 0 Å². The van der Waals surface area contributed by atoms with E-state index in [2.05, 4.69) is 20.6 Å². The smallest absolute Gasteiger partial charge is 0.133 e. The molecule has 1 atom stereocenters. The zero-order valence-electron chi connectivity index (χ0n) is 10.6. The fourth-order valence-electron chi connectivity index (χ4n) is 2.01. The van der Waals surface area contributed by atoms with Crippen LogP contribution < -0.4 is 15.5 Å². The highest BCUT2D eigenvalue weighted by Gasteiger charge is 2.12. The van der Waals surface area contributed by atoms with Gasteiger partial charge < -0.3 is 15.5 Å². The second-order valence-corrected chi connectivity index (χ2v) is 4.68. The van der Waals surface area contributed by atoms with Crippen LogP contribution in [0.1, 0.15) is 19.3 Å². The number of anilines is 2. The van der Waals surface area contributed by atoms with Gasteiger partial charge in [0.25, 0.3) is 0 Å². The average molecular weight is 235 g/mol. The van der Waals surface area contributed by atoms with E-state index in [0.717, 1.165) is 24.7 Å². The van der Waals surface area contributed by atoms with Crippen LogP contribution in [0.15, 0.2) is 12.4 Å². The highest BCUT2D eigenvalue weighted by Crippen LogP contribution is 2.12. The van der Waals surface area contributed by atoms with E-state index in [-0.39, 0.29) is 0 Å². The lowest BCUT2D eigenvalue weighted by Crippen LogP contribution is -2.39. The zero-order valence-corrected chi connectivity index (χ0v) is 10.6. The summed E-state index contributed by atoms with van der Waals surface area (Å²) in [6.07, 6.45) is 5.48. The van der Waals surface area contributed by atoms with Gasteiger partial charge in [-0.15, -0.1) is 0 Å². The summed E-state index contributed by atoms with van der Waals surface area (Å²) in [5.41, 5.74) is 0. The predicted octanol–water partition coefficient (Wildman–Crippen LogP) is 1.10. The molecule has 1 aliphatic heterocycles. The molecule has 1 aliphatic rings. The van der Waals surface area contributed by atoms with Gasteiger partial charge in [0.1, 0.15) is 18.0 Å². The lowest BCUT2D eigenvalue weighted by atomic mass is 10.1. The third-order valence-electron chi connectivity index (χ3n) is 3.05. The van der Waals surface area contributed by atoms with E-state index >= 15 is 0 Å². The van der Waals surface area contributed by atoms with Crippen molar-refractivity contribution in [3.63, 3.8) is 0 Å². The average Bonchev–Trinajstić information content (AvgIpc) is 2.38. The first kappa shape index (κ1) is 12.1. The van der Waals surface area contributed by atoms with Gasteiger partial charge in [0.2, 0.25) is 0 Å². The molecule has 0 aliphatic carbocycles. The number of nitrogens with zero attached hydrogens (tertiary/aromatic N) is 3. The molecule has 0 bridgehead atoms. The second kappa shape index (κ2) is 5.82. The molecule has 5 heteroatoms. The zero-order chi connectivity index (χ0) is 12.1. The number of aromatic nitrogens is 2. The first-order valence-electron chi connectivity index (χ1n) is 6.22. The lowest BCUT2D eigenvalue weighted by molar-refractivity contribution is 0.414. The molecule has 1 unspecified atom stereocenters. The summed E-state index contributed by atoms with van der Waals surface area (Å²) in [5, 5.41) is 6.88. The van der Waals surface area contributed by atoms with Gasteiger partial charge in [-0.05, 0) is 19.4 Å². The molecule has 17 heavy (non-hydrogen) atoms. The molecule has 1 aromatic rings. The molecule has 0 amide bonds. The quantitative estimate of drug-likeness (QED) is 0.818. The first-order valence-corrected chi connectivity index (χ1v) is 6.22. The first-order chi connectivity index (χ1) is 8.25. The van der Waals surface area contributed by atoms with Crippen LogP contribution in [-0.2, 0) is 0 Å². The van der Waals surface area contributed by atoms with Gasteiger partial charge in [-0.1, -0.05) is 6.42 Å². The SMILES string of the molecule is CN(C)c1cc(NCC2CCCCN2)ncn1. The van der Waals surface area contributed by atoms with Crippen molar-refractivity contribution in [2.75, 3.05) is 37.4 Å². The predicted molar refractivity (Wildman–Crippen MR) is 70.5 cm³/mol. The van der Waals surface area contributed by atoms with Crippen molar-refractivity contribution in [3.05, 3.63) is 12.4 Å². The van der Waals surface area contributed by atoms with Crippen LogP contribution in [0.3, 0.4) is 0 Å². The Morgan fingerprint density at radius 3 is 3.00 bits per heavy atom. The van der Waals surface area contributed by atoms with Crippen molar-refractivity contribution >= 4 is 11.6 Å². The Labute approximate surface area is 103 Å². The maximum atomic E-state index is 4.23. The summed E-state index contributed by atoms with van der Waals surface area (Å²) < 4.78 is 0. The van der Waals surface area contributed by atoms with Crippen LogP contribution in [0.5, 0.6) is 0 Å². The van der Waals surface area contributed by atoms with Crippen LogP contribution in [0.4, 0.5) is 11.6 Å². The highest BCUT2D eigenvalue weighted by atomic mass is 15.2. The monoisotopic (exact) mass is 235 g/mol. The maximum Gasteiger partial charge on any atom is 0.133 e. The topological polar surface area (TPSA) is 53.1 Å². The van der Waals surface area contributed by atoms with Crippen LogP contribution in [-0.4, -0.2) is 43.2 Å². The van der Waals surface area contributed by atoms with E-state index in [9.17, 15) is 0 Å². The minimum Gasteiger partial charge on any atom is -0.368 e. The Morgan fingerprint density at radius 2 is 2.29 bits per heavy atom. The van der Waals surface area contributed by atoms with E-state index in [1.807, 2.05) is 25.1 Å². The standard InChI is InChI=1S/C12H21N5/c1-17(2)12-7-11(15-9-16-12)14-8-10-5-3-4-6-13-10/h7,9-10,13H,3-6,8H2,1-2H3,(H,14,15,16). The van der Waals surface area contributed by atoms with E-state index in [4.69, 9.17) is 0 Å². The molecule has 0 saturated carbocycles. The molecule has 0 aromatic carbocycles. The van der Waals surface area contributed by atoms with E-state index < -0.39 is 0 Å². The summed E-state index contributed by atoms with van der Waals surface area (Å²) in [5.74, 6) is 1.83. The van der Waals surface area contributed by atoms with Crippen molar-refractivity contribution in [2.24, 2.45) is 0 Å². The Morgan fingerprint density at radius 1 is 1.41 bits per heavy atom. The van der Waals surface area contributed by atoms with Gasteiger partial charge in [-0.3, -0.25) is 0 Å². The van der Waals surface area contributed by atoms with E-state index in [1.54, 1.807) is 6.33 Å². The number of hydrogen-bond donors (Lipinski definition) is 2. The third-order valence-corrected chi connectivity index (χ3v) is 3.05. The largest absolute Gasteiger partial charge is 0.368 e. The van der Waals surface area contributed by atoms with Gasteiger partial charge in [-0.2, -0.15) is 0 Å². The number of rotatable bonds is 4. The molecule has 94 valence electrons.